The summed E-state index contributed by atoms with van der Waals surface area (Å²) in [5.74, 6) is 0. The van der Waals surface area contributed by atoms with E-state index >= 15 is 8.78 Å². The number of aryl methyl sites for hydroxylation is 2. The maximum atomic E-state index is 15.3. The van der Waals surface area contributed by atoms with Crippen molar-refractivity contribution in [3.05, 3.63) is 48.8 Å². The molecular formula is C26H32F2N8O8P2S2. The van der Waals surface area contributed by atoms with Gasteiger partial charge >= 0.3 is 0 Å². The van der Waals surface area contributed by atoms with Gasteiger partial charge in [-0.3, -0.25) is 18.3 Å². The molecule has 6 heterocycles. The summed E-state index contributed by atoms with van der Waals surface area (Å²) in [4.78, 5) is 26.0. The van der Waals surface area contributed by atoms with E-state index in [1.165, 1.54) is 34.4 Å². The van der Waals surface area contributed by atoms with E-state index < -0.39 is 76.9 Å². The first-order valence-corrected chi connectivity index (χ1v) is 20.0. The molecule has 0 radical (unpaired) electrons. The van der Waals surface area contributed by atoms with Gasteiger partial charge in [-0.2, -0.15) is 0 Å². The Balaban J connectivity index is 1.07. The van der Waals surface area contributed by atoms with Crippen LogP contribution in [0.2, 0.25) is 0 Å². The second kappa shape index (κ2) is 15.7. The van der Waals surface area contributed by atoms with Crippen LogP contribution in [-0.4, -0.2) is 99.2 Å². The maximum Gasteiger partial charge on any atom is 0.243 e. The van der Waals surface area contributed by atoms with Gasteiger partial charge in [0.1, 0.15) is 48.1 Å². The number of allylic oxidation sites excluding steroid dienone is 2. The second-order valence-electron chi connectivity index (χ2n) is 10.9. The van der Waals surface area contributed by atoms with Crippen molar-refractivity contribution in [2.45, 2.75) is 74.9 Å². The SMILES string of the molecule is O=[PH](S)O[C@H]1[C@@H](F)[C@H](n2cnc3c(CC/C=C/CCc4ncnc5c4ncn5[C@@H]4O[C@H](CO)[C@@H](O[PH](=O)S)[C@H]4F)ncnc32)O[C@@H]1CO. The zero-order chi connectivity index (χ0) is 33.9. The largest absolute Gasteiger partial charge is 0.394 e. The van der Waals surface area contributed by atoms with Crippen LogP contribution in [0.1, 0.15) is 36.7 Å². The Morgan fingerprint density at radius 1 is 0.750 bits per heavy atom. The molecule has 0 saturated carbocycles. The third-order valence-corrected chi connectivity index (χ3v) is 9.63. The summed E-state index contributed by atoms with van der Waals surface area (Å²) < 4.78 is 77.8. The number of aliphatic hydroxyl groups excluding tert-OH is 2. The standard InChI is InChI=1S/C26H32F2N8O8P2S2/c27-17-21(43-45(39)47)15(7-37)41-25(17)35-11-33-19-13(29-9-31-23(19)35)5-3-1-2-4-6-14-20-24(32-10-30-14)36(12-34-20)26-18(28)22(44-46(40)48)16(8-38)42-26/h1-2,9-12,15-18,21-22,25-26,37-38,45-46H,3-8H2,(H,39,47)(H,40,48)/b2-1+/t15-,16-,17-,18-,21-,22-,25-,26-/m1/s1. The smallest absolute Gasteiger partial charge is 0.243 e. The summed E-state index contributed by atoms with van der Waals surface area (Å²) in [7, 11) is -5.55. The van der Waals surface area contributed by atoms with Crippen molar-refractivity contribution in [2.24, 2.45) is 0 Å². The molecule has 260 valence electrons. The van der Waals surface area contributed by atoms with Crippen molar-refractivity contribution in [1.82, 2.24) is 39.0 Å². The van der Waals surface area contributed by atoms with E-state index in [1.807, 2.05) is 12.2 Å². The maximum absolute atomic E-state index is 15.3. The molecular weight excluding hydrogens is 716 g/mol. The van der Waals surface area contributed by atoms with E-state index in [0.29, 0.717) is 59.4 Å². The molecule has 2 N–H and O–H groups in total. The number of rotatable bonds is 14. The number of hydrogen-bond donors (Lipinski definition) is 4. The minimum atomic E-state index is -2.78. The average molecular weight is 749 g/mol. The molecule has 4 aromatic rings. The number of alkyl halides is 2. The van der Waals surface area contributed by atoms with Gasteiger partial charge < -0.3 is 28.7 Å². The lowest BCUT2D eigenvalue weighted by Crippen LogP contribution is -2.31. The molecule has 2 unspecified atom stereocenters. The van der Waals surface area contributed by atoms with Crippen LogP contribution in [0.15, 0.2) is 37.5 Å². The highest BCUT2D eigenvalue weighted by Crippen LogP contribution is 2.42. The quantitative estimate of drug-likeness (QED) is 0.0834. The number of aliphatic hydroxyl groups is 2. The highest BCUT2D eigenvalue weighted by atomic mass is 32.7. The predicted octanol–water partition coefficient (Wildman–Crippen LogP) is 2.95. The van der Waals surface area contributed by atoms with E-state index in [9.17, 15) is 19.3 Å². The topological polar surface area (TPSA) is 199 Å². The monoisotopic (exact) mass is 748 g/mol. The number of imidazole rings is 2. The molecule has 2 saturated heterocycles. The Hall–Kier alpha value is -2.38. The van der Waals surface area contributed by atoms with Gasteiger partial charge in [0.05, 0.1) is 37.3 Å². The fourth-order valence-corrected chi connectivity index (χ4v) is 7.62. The zero-order valence-electron chi connectivity index (χ0n) is 24.9. The summed E-state index contributed by atoms with van der Waals surface area (Å²) in [6.07, 6.45) is 1.20. The molecule has 2 aliphatic rings. The minimum absolute atomic E-state index is 0.342. The number of nitrogens with zero attached hydrogens (tertiary/aromatic N) is 8. The molecule has 0 bridgehead atoms. The zero-order valence-corrected chi connectivity index (χ0v) is 28.7. The van der Waals surface area contributed by atoms with E-state index in [4.69, 9.17) is 18.5 Å². The fourth-order valence-electron chi connectivity index (χ4n) is 5.86. The summed E-state index contributed by atoms with van der Waals surface area (Å²) in [5, 5.41) is 19.2. The number of halogens is 2. The van der Waals surface area contributed by atoms with Gasteiger partial charge in [0, 0.05) is 0 Å². The molecule has 0 amide bonds. The molecule has 2 aliphatic heterocycles. The van der Waals surface area contributed by atoms with Crippen molar-refractivity contribution in [1.29, 1.82) is 0 Å². The van der Waals surface area contributed by atoms with Crippen molar-refractivity contribution >= 4 is 61.3 Å². The molecule has 6 rings (SSSR count). The summed E-state index contributed by atoms with van der Waals surface area (Å²) in [6.45, 7) is -1.07. The second-order valence-corrected chi connectivity index (χ2v) is 14.6. The van der Waals surface area contributed by atoms with Crippen LogP contribution in [0.5, 0.6) is 0 Å². The molecule has 0 spiro atoms. The van der Waals surface area contributed by atoms with Crippen LogP contribution in [0.3, 0.4) is 0 Å². The van der Waals surface area contributed by atoms with Gasteiger partial charge in [-0.05, 0) is 25.7 Å². The molecule has 0 aliphatic carbocycles. The Kier molecular flexibility index (Phi) is 11.6. The first-order valence-electron chi connectivity index (χ1n) is 14.8. The van der Waals surface area contributed by atoms with Crippen molar-refractivity contribution < 1.29 is 46.6 Å². The lowest BCUT2D eigenvalue weighted by atomic mass is 10.1. The Labute approximate surface area is 283 Å². The molecule has 10 atom stereocenters. The molecule has 4 aromatic heterocycles. The van der Waals surface area contributed by atoms with Crippen LogP contribution in [0.4, 0.5) is 8.78 Å². The van der Waals surface area contributed by atoms with Crippen LogP contribution >= 0.6 is 39.0 Å². The van der Waals surface area contributed by atoms with Gasteiger partial charge in [-0.1, -0.05) is 36.6 Å². The average Bonchev–Trinajstić information content (AvgIpc) is 3.83. The predicted molar refractivity (Wildman–Crippen MR) is 174 cm³/mol. The lowest BCUT2D eigenvalue weighted by Gasteiger charge is -2.16. The number of aromatic nitrogens is 8. The summed E-state index contributed by atoms with van der Waals surface area (Å²) in [6, 6.07) is 0. The first-order chi connectivity index (χ1) is 23.2. The van der Waals surface area contributed by atoms with Crippen molar-refractivity contribution in [3.63, 3.8) is 0 Å². The fraction of sp³-hybridized carbons (Fsp3) is 0.538. The van der Waals surface area contributed by atoms with Crippen LogP contribution < -0.4 is 0 Å². The Morgan fingerprint density at radius 3 is 1.54 bits per heavy atom. The van der Waals surface area contributed by atoms with Gasteiger partial charge in [-0.15, -0.1) is 0 Å². The van der Waals surface area contributed by atoms with E-state index in [2.05, 4.69) is 54.4 Å². The minimum Gasteiger partial charge on any atom is -0.394 e. The lowest BCUT2D eigenvalue weighted by molar-refractivity contribution is -0.0427. The van der Waals surface area contributed by atoms with Gasteiger partial charge in [-0.25, -0.2) is 38.7 Å². The van der Waals surface area contributed by atoms with Gasteiger partial charge in [0.15, 0.2) is 36.1 Å². The van der Waals surface area contributed by atoms with Crippen LogP contribution in [0, 0.1) is 0 Å². The highest BCUT2D eigenvalue weighted by molar-refractivity contribution is 8.39. The van der Waals surface area contributed by atoms with Gasteiger partial charge in [0.2, 0.25) is 14.5 Å². The van der Waals surface area contributed by atoms with Crippen LogP contribution in [-0.2, 0) is 40.5 Å². The molecule has 0 aromatic carbocycles. The molecule has 2 fully saturated rings. The van der Waals surface area contributed by atoms with Gasteiger partial charge in [0.25, 0.3) is 0 Å². The van der Waals surface area contributed by atoms with Crippen molar-refractivity contribution in [2.75, 3.05) is 13.2 Å². The Bertz CT molecular complexity index is 1700. The Morgan fingerprint density at radius 2 is 1.17 bits per heavy atom. The molecule has 48 heavy (non-hydrogen) atoms. The van der Waals surface area contributed by atoms with E-state index in [-0.39, 0.29) is 0 Å². The normalized spacial score (nSPS) is 29.0. The number of hydrogen-bond acceptors (Lipinski definition) is 14. The van der Waals surface area contributed by atoms with E-state index in [1.54, 1.807) is 0 Å². The number of fused-ring (bicyclic) bond motifs is 2. The number of ether oxygens (including phenoxy) is 2. The summed E-state index contributed by atoms with van der Waals surface area (Å²) >= 11 is 7.44. The highest BCUT2D eigenvalue weighted by Gasteiger charge is 2.49. The third kappa shape index (κ3) is 7.24. The van der Waals surface area contributed by atoms with E-state index in [0.717, 1.165) is 0 Å². The van der Waals surface area contributed by atoms with Crippen LogP contribution in [0.25, 0.3) is 22.3 Å². The first kappa shape index (κ1) is 35.4. The molecule has 16 nitrogen and oxygen atoms in total. The number of thiol groups is 2. The van der Waals surface area contributed by atoms with Crippen molar-refractivity contribution in [3.8, 4) is 0 Å². The molecule has 22 heteroatoms. The third-order valence-electron chi connectivity index (χ3n) is 8.05. The summed E-state index contributed by atoms with van der Waals surface area (Å²) in [5.41, 5.74) is 2.91.